The number of amides is 2. The van der Waals surface area contributed by atoms with Crippen LogP contribution in [0.5, 0.6) is 0 Å². The van der Waals surface area contributed by atoms with Crippen LogP contribution < -0.4 is 0 Å². The predicted octanol–water partition coefficient (Wildman–Crippen LogP) is 0.582. The van der Waals surface area contributed by atoms with Gasteiger partial charge in [-0.25, -0.2) is 0 Å². The molecule has 0 spiro atoms. The number of imide groups is 1. The summed E-state index contributed by atoms with van der Waals surface area (Å²) in [6, 6.07) is 6.10. The third kappa shape index (κ3) is 2.43. The van der Waals surface area contributed by atoms with Crippen molar-refractivity contribution in [2.75, 3.05) is 13.2 Å². The second-order valence-electron chi connectivity index (χ2n) is 4.22. The average Bonchev–Trinajstić information content (AvgIpc) is 2.68. The summed E-state index contributed by atoms with van der Waals surface area (Å²) in [5, 5.41) is 17.8. The zero-order valence-corrected chi connectivity index (χ0v) is 10.3. The van der Waals surface area contributed by atoms with Gasteiger partial charge < -0.3 is 10.2 Å². The summed E-state index contributed by atoms with van der Waals surface area (Å²) in [5.74, 6) is -0.719. The number of aliphatic hydroxyl groups is 2. The van der Waals surface area contributed by atoms with E-state index in [9.17, 15) is 9.59 Å². The second-order valence-corrected chi connectivity index (χ2v) is 4.22. The first-order valence-corrected chi connectivity index (χ1v) is 6.06. The summed E-state index contributed by atoms with van der Waals surface area (Å²) >= 11 is 0. The lowest BCUT2D eigenvalue weighted by Gasteiger charge is -2.22. The number of carbonyl (C=O) groups excluding carboxylic acids is 2. The van der Waals surface area contributed by atoms with Crippen molar-refractivity contribution in [1.29, 1.82) is 0 Å². The Morgan fingerprint density at radius 1 is 1.11 bits per heavy atom. The molecule has 1 aromatic carbocycles. The maximum Gasteiger partial charge on any atom is 0.262 e. The van der Waals surface area contributed by atoms with E-state index in [0.717, 1.165) is 4.90 Å². The molecule has 5 nitrogen and oxygen atoms in total. The molecule has 1 unspecified atom stereocenters. The summed E-state index contributed by atoms with van der Waals surface area (Å²) < 4.78 is 0. The molecule has 2 amide bonds. The summed E-state index contributed by atoms with van der Waals surface area (Å²) in [5.41, 5.74) is 0.765. The molecule has 1 atom stereocenters. The molecule has 0 fully saturated rings. The Bertz CT molecular complexity index is 489. The van der Waals surface area contributed by atoms with Gasteiger partial charge in [0.15, 0.2) is 0 Å². The van der Waals surface area contributed by atoms with Crippen molar-refractivity contribution < 1.29 is 19.8 Å². The van der Waals surface area contributed by atoms with Crippen LogP contribution in [0.3, 0.4) is 0 Å². The molecule has 0 aliphatic carbocycles. The lowest BCUT2D eigenvalue weighted by atomic mass is 10.1. The summed E-state index contributed by atoms with van der Waals surface area (Å²) in [4.78, 5) is 25.6. The Morgan fingerprint density at radius 2 is 1.68 bits per heavy atom. The Kier molecular flexibility index (Phi) is 4.09. The molecule has 1 aromatic rings. The van der Waals surface area contributed by atoms with E-state index >= 15 is 0 Å². The van der Waals surface area contributed by atoms with Crippen LogP contribution in [0.2, 0.25) is 0 Å². The van der Waals surface area contributed by atoms with Crippen molar-refractivity contribution in [3.05, 3.63) is 47.5 Å². The number of nitrogens with zero attached hydrogens (tertiary/aromatic N) is 1. The van der Waals surface area contributed by atoms with Gasteiger partial charge in [0.05, 0.1) is 23.8 Å². The van der Waals surface area contributed by atoms with Gasteiger partial charge in [-0.15, -0.1) is 0 Å². The molecule has 0 bridgehead atoms. The van der Waals surface area contributed by atoms with Crippen molar-refractivity contribution in [3.63, 3.8) is 0 Å². The van der Waals surface area contributed by atoms with Crippen LogP contribution in [-0.4, -0.2) is 46.2 Å². The predicted molar refractivity (Wildman–Crippen MR) is 68.7 cm³/mol. The largest absolute Gasteiger partial charge is 0.396 e. The van der Waals surface area contributed by atoms with Gasteiger partial charge in [0.1, 0.15) is 0 Å². The first-order chi connectivity index (χ1) is 9.20. The highest BCUT2D eigenvalue weighted by Gasteiger charge is 2.38. The Hall–Kier alpha value is -1.98. The number of aliphatic hydroxyl groups excluding tert-OH is 2. The monoisotopic (exact) mass is 261 g/mol. The lowest BCUT2D eigenvalue weighted by Crippen LogP contribution is -2.39. The maximum absolute atomic E-state index is 12.2. The molecule has 2 rings (SSSR count). The normalized spacial score (nSPS) is 16.2. The van der Waals surface area contributed by atoms with E-state index in [1.165, 1.54) is 6.08 Å². The van der Waals surface area contributed by atoms with Gasteiger partial charge in [-0.2, -0.15) is 0 Å². The Labute approximate surface area is 110 Å². The topological polar surface area (TPSA) is 77.8 Å². The van der Waals surface area contributed by atoms with Crippen LogP contribution in [0.25, 0.3) is 0 Å². The third-order valence-electron chi connectivity index (χ3n) is 3.05. The Morgan fingerprint density at radius 3 is 2.16 bits per heavy atom. The second kappa shape index (κ2) is 5.77. The molecular formula is C14H15NO4. The smallest absolute Gasteiger partial charge is 0.262 e. The molecular weight excluding hydrogens is 246 g/mol. The fraction of sp³-hybridized carbons (Fsp3) is 0.286. The van der Waals surface area contributed by atoms with Crippen LogP contribution in [0, 0.1) is 0 Å². The number of fused-ring (bicyclic) bond motifs is 1. The van der Waals surface area contributed by atoms with Crippen molar-refractivity contribution >= 4 is 11.8 Å². The number of carbonyl (C=O) groups is 2. The fourth-order valence-electron chi connectivity index (χ4n) is 2.17. The molecule has 5 heteroatoms. The van der Waals surface area contributed by atoms with Crippen LogP contribution in [0.1, 0.15) is 27.1 Å². The first-order valence-electron chi connectivity index (χ1n) is 6.06. The minimum absolute atomic E-state index is 0.145. The van der Waals surface area contributed by atoms with Gasteiger partial charge >= 0.3 is 0 Å². The summed E-state index contributed by atoms with van der Waals surface area (Å²) in [7, 11) is 0. The van der Waals surface area contributed by atoms with Crippen molar-refractivity contribution in [3.8, 4) is 0 Å². The molecule has 19 heavy (non-hydrogen) atoms. The summed E-state index contributed by atoms with van der Waals surface area (Å²) in [6.45, 7) is -0.320. The van der Waals surface area contributed by atoms with E-state index in [0.29, 0.717) is 11.1 Å². The average molecular weight is 261 g/mol. The van der Waals surface area contributed by atoms with Crippen molar-refractivity contribution in [2.24, 2.45) is 0 Å². The van der Waals surface area contributed by atoms with Crippen molar-refractivity contribution in [1.82, 2.24) is 4.90 Å². The number of hydrogen-bond acceptors (Lipinski definition) is 4. The van der Waals surface area contributed by atoms with Gasteiger partial charge in [-0.3, -0.25) is 14.5 Å². The SMILES string of the molecule is O=C1c2ccccc2C(=O)N1C(/C=C/CO)CCO. The fourth-order valence-corrected chi connectivity index (χ4v) is 2.17. The van der Waals surface area contributed by atoms with E-state index in [2.05, 4.69) is 0 Å². The van der Waals surface area contributed by atoms with E-state index in [1.54, 1.807) is 30.3 Å². The highest BCUT2D eigenvalue weighted by molar-refractivity contribution is 6.21. The molecule has 1 aliphatic rings. The van der Waals surface area contributed by atoms with Crippen LogP contribution in [0.15, 0.2) is 36.4 Å². The number of benzene rings is 1. The lowest BCUT2D eigenvalue weighted by molar-refractivity contribution is 0.0597. The Balaban J connectivity index is 2.33. The molecule has 2 N–H and O–H groups in total. The van der Waals surface area contributed by atoms with Gasteiger partial charge in [0.2, 0.25) is 0 Å². The standard InChI is InChI=1S/C14H15NO4/c16-8-3-4-10(7-9-17)15-13(18)11-5-1-2-6-12(11)14(15)19/h1-6,10,16-17H,7-9H2/b4-3+. The van der Waals surface area contributed by atoms with E-state index < -0.39 is 6.04 Å². The van der Waals surface area contributed by atoms with E-state index in [1.807, 2.05) is 0 Å². The molecule has 1 aliphatic heterocycles. The van der Waals surface area contributed by atoms with E-state index in [4.69, 9.17) is 10.2 Å². The van der Waals surface area contributed by atoms with Gasteiger partial charge in [-0.1, -0.05) is 24.3 Å². The molecule has 0 saturated carbocycles. The van der Waals surface area contributed by atoms with Crippen LogP contribution in [0.4, 0.5) is 0 Å². The number of hydrogen-bond donors (Lipinski definition) is 2. The highest BCUT2D eigenvalue weighted by atomic mass is 16.3. The molecule has 100 valence electrons. The first kappa shape index (κ1) is 13.5. The van der Waals surface area contributed by atoms with Crippen LogP contribution >= 0.6 is 0 Å². The minimum atomic E-state index is -0.537. The molecule has 0 radical (unpaired) electrons. The van der Waals surface area contributed by atoms with Gasteiger partial charge in [-0.05, 0) is 18.6 Å². The van der Waals surface area contributed by atoms with Crippen LogP contribution in [-0.2, 0) is 0 Å². The third-order valence-corrected chi connectivity index (χ3v) is 3.05. The van der Waals surface area contributed by atoms with E-state index in [-0.39, 0.29) is 31.4 Å². The molecule has 1 heterocycles. The highest BCUT2D eigenvalue weighted by Crippen LogP contribution is 2.25. The maximum atomic E-state index is 12.2. The quantitative estimate of drug-likeness (QED) is 0.600. The zero-order chi connectivity index (χ0) is 13.8. The van der Waals surface area contributed by atoms with Gasteiger partial charge in [0, 0.05) is 6.61 Å². The summed E-state index contributed by atoms with van der Waals surface area (Å²) in [6.07, 6.45) is 3.28. The molecule has 0 saturated heterocycles. The van der Waals surface area contributed by atoms with Gasteiger partial charge in [0.25, 0.3) is 11.8 Å². The zero-order valence-electron chi connectivity index (χ0n) is 10.3. The van der Waals surface area contributed by atoms with Crippen molar-refractivity contribution in [2.45, 2.75) is 12.5 Å². The minimum Gasteiger partial charge on any atom is -0.396 e. The molecule has 0 aromatic heterocycles. The number of rotatable bonds is 5.